The molecule has 5 heterocycles. The van der Waals surface area contributed by atoms with E-state index in [1.54, 1.807) is 19.4 Å². The highest BCUT2D eigenvalue weighted by Gasteiger charge is 2.59. The lowest BCUT2D eigenvalue weighted by molar-refractivity contribution is -0.141. The number of hydrogen-bond acceptors (Lipinski definition) is 7. The van der Waals surface area contributed by atoms with Crippen LogP contribution in [0.15, 0.2) is 67.3 Å². The first-order valence-corrected chi connectivity index (χ1v) is 16.3. The van der Waals surface area contributed by atoms with Crippen LogP contribution in [0.3, 0.4) is 0 Å². The molecule has 0 unspecified atom stereocenters. The Morgan fingerprint density at radius 3 is 2.38 bits per heavy atom. The molecular formula is C37H40N6O4. The number of piperidine rings is 1. The highest BCUT2D eigenvalue weighted by atomic mass is 16.6. The van der Waals surface area contributed by atoms with Gasteiger partial charge in [-0.05, 0) is 76.5 Å². The van der Waals surface area contributed by atoms with Gasteiger partial charge < -0.3 is 14.5 Å². The monoisotopic (exact) mass is 632 g/mol. The third kappa shape index (κ3) is 5.20. The molecule has 0 bridgehead atoms. The fourth-order valence-corrected chi connectivity index (χ4v) is 7.24. The smallest absolute Gasteiger partial charge is 0.410 e. The average molecular weight is 633 g/mol. The summed E-state index contributed by atoms with van der Waals surface area (Å²) in [6.45, 7) is 8.51. The topological polar surface area (TPSA) is 109 Å². The second kappa shape index (κ2) is 11.1. The van der Waals surface area contributed by atoms with Crippen molar-refractivity contribution >= 4 is 34.4 Å². The molecule has 3 amide bonds. The van der Waals surface area contributed by atoms with E-state index in [-0.39, 0.29) is 18.4 Å². The first-order valence-electron chi connectivity index (χ1n) is 16.3. The number of nitrogens with zero attached hydrogens (tertiary/aromatic N) is 6. The Hall–Kier alpha value is -4.86. The van der Waals surface area contributed by atoms with Crippen molar-refractivity contribution in [1.29, 1.82) is 0 Å². The predicted molar refractivity (Wildman–Crippen MR) is 179 cm³/mol. The maximum atomic E-state index is 14.6. The van der Waals surface area contributed by atoms with Crippen LogP contribution in [0, 0.1) is 6.92 Å². The quantitative estimate of drug-likeness (QED) is 0.273. The van der Waals surface area contributed by atoms with Crippen LogP contribution < -0.4 is 4.90 Å². The third-order valence-corrected chi connectivity index (χ3v) is 9.98. The van der Waals surface area contributed by atoms with Gasteiger partial charge in [-0.15, -0.1) is 0 Å². The SMILES string of the molecule is Cc1ccc(-c2c(CN3C(=O)C4(CCN(C(=O)C5(N(C)C(=O)OC(C)(C)C)CC5)CC4)c4ccncc43)ncc3ccccc23)cn1. The van der Waals surface area contributed by atoms with Crippen molar-refractivity contribution in [1.82, 2.24) is 24.8 Å². The number of likely N-dealkylation sites (N-methyl/N-ethyl adjacent to an activating group) is 1. The summed E-state index contributed by atoms with van der Waals surface area (Å²) in [5.41, 5.74) is 3.02. The molecule has 10 nitrogen and oxygen atoms in total. The number of likely N-dealkylation sites (tertiary alicyclic amines) is 1. The van der Waals surface area contributed by atoms with Gasteiger partial charge in [-0.2, -0.15) is 0 Å². The van der Waals surface area contributed by atoms with Crippen LogP contribution in [-0.4, -0.2) is 73.9 Å². The van der Waals surface area contributed by atoms with Crippen LogP contribution in [-0.2, 0) is 26.3 Å². The number of fused-ring (bicyclic) bond motifs is 3. The van der Waals surface area contributed by atoms with Crippen molar-refractivity contribution < 1.29 is 19.1 Å². The number of hydrogen-bond donors (Lipinski definition) is 0. The first kappa shape index (κ1) is 30.8. The third-order valence-electron chi connectivity index (χ3n) is 9.98. The van der Waals surface area contributed by atoms with Gasteiger partial charge in [-0.25, -0.2) is 4.79 Å². The molecule has 3 aliphatic rings. The number of carbonyl (C=O) groups is 3. The van der Waals surface area contributed by atoms with E-state index in [4.69, 9.17) is 9.72 Å². The molecule has 0 atom stereocenters. The number of anilines is 1. The number of amides is 3. The number of carbonyl (C=O) groups excluding carboxylic acids is 3. The van der Waals surface area contributed by atoms with E-state index in [1.165, 1.54) is 4.90 Å². The summed E-state index contributed by atoms with van der Waals surface area (Å²) in [6, 6.07) is 14.1. The molecule has 4 aromatic rings. The van der Waals surface area contributed by atoms with Crippen molar-refractivity contribution in [2.45, 2.75) is 76.5 Å². The highest BCUT2D eigenvalue weighted by Crippen LogP contribution is 2.50. The zero-order valence-corrected chi connectivity index (χ0v) is 27.6. The molecular weight excluding hydrogens is 592 g/mol. The molecule has 7 rings (SSSR count). The first-order chi connectivity index (χ1) is 22.4. The molecule has 1 saturated heterocycles. The number of benzene rings is 1. The Bertz CT molecular complexity index is 1890. The van der Waals surface area contributed by atoms with Gasteiger partial charge in [0.05, 0.1) is 29.5 Å². The minimum absolute atomic E-state index is 0.00236. The van der Waals surface area contributed by atoms with Crippen molar-refractivity contribution in [3.05, 3.63) is 84.2 Å². The summed E-state index contributed by atoms with van der Waals surface area (Å²) < 4.78 is 5.57. The molecule has 0 radical (unpaired) electrons. The van der Waals surface area contributed by atoms with Crippen LogP contribution in [0.2, 0.25) is 0 Å². The van der Waals surface area contributed by atoms with E-state index < -0.39 is 22.6 Å². The lowest BCUT2D eigenvalue weighted by Gasteiger charge is -2.41. The number of aromatic nitrogens is 3. The number of aryl methyl sites for hydroxylation is 1. The normalized spacial score (nSPS) is 17.9. The van der Waals surface area contributed by atoms with E-state index in [2.05, 4.69) is 22.1 Å². The largest absolute Gasteiger partial charge is 0.444 e. The van der Waals surface area contributed by atoms with Crippen molar-refractivity contribution in [3.63, 3.8) is 0 Å². The Morgan fingerprint density at radius 2 is 1.70 bits per heavy atom. The molecule has 1 aliphatic carbocycles. The van der Waals surface area contributed by atoms with E-state index in [1.807, 2.05) is 80.2 Å². The molecule has 2 fully saturated rings. The summed E-state index contributed by atoms with van der Waals surface area (Å²) in [6.07, 6.45) is 8.90. The zero-order valence-electron chi connectivity index (χ0n) is 27.6. The molecule has 1 aromatic carbocycles. The maximum absolute atomic E-state index is 14.6. The van der Waals surface area contributed by atoms with E-state index in [0.717, 1.165) is 44.5 Å². The standard InChI is InChI=1S/C37H40N6O4/c1-24-10-11-26(21-39-24)31-27-9-7-6-8-25(27)20-40-29(31)23-43-30-22-38-17-12-28(30)36(32(43)44)15-18-42(19-16-36)33(45)37(13-14-37)41(5)34(46)47-35(2,3)4/h6-12,17,20-22H,13-16,18-19,23H2,1-5H3. The van der Waals surface area contributed by atoms with E-state index >= 15 is 0 Å². The minimum Gasteiger partial charge on any atom is -0.444 e. The number of ether oxygens (including phenoxy) is 1. The van der Waals surface area contributed by atoms with Crippen LogP contribution in [0.4, 0.5) is 10.5 Å². The Kier molecular flexibility index (Phi) is 7.29. The molecule has 242 valence electrons. The number of rotatable bonds is 5. The Labute approximate surface area is 274 Å². The van der Waals surface area contributed by atoms with E-state index in [0.29, 0.717) is 38.8 Å². The van der Waals surface area contributed by atoms with E-state index in [9.17, 15) is 14.4 Å². The van der Waals surface area contributed by atoms with Gasteiger partial charge in [0.1, 0.15) is 11.1 Å². The minimum atomic E-state index is -0.886. The van der Waals surface area contributed by atoms with Crippen LogP contribution in [0.25, 0.3) is 21.9 Å². The van der Waals surface area contributed by atoms with Gasteiger partial charge in [0, 0.05) is 60.9 Å². The second-order valence-corrected chi connectivity index (χ2v) is 14.1. The molecule has 1 saturated carbocycles. The summed E-state index contributed by atoms with van der Waals surface area (Å²) >= 11 is 0. The van der Waals surface area contributed by atoms with Gasteiger partial charge in [-0.1, -0.05) is 30.3 Å². The molecule has 10 heteroatoms. The average Bonchev–Trinajstić information content (AvgIpc) is 3.84. The van der Waals surface area contributed by atoms with Crippen molar-refractivity contribution in [2.24, 2.45) is 0 Å². The fourth-order valence-electron chi connectivity index (χ4n) is 7.24. The second-order valence-electron chi connectivity index (χ2n) is 14.1. The molecule has 0 N–H and O–H groups in total. The van der Waals surface area contributed by atoms with Gasteiger partial charge in [0.2, 0.25) is 11.8 Å². The molecule has 47 heavy (non-hydrogen) atoms. The zero-order chi connectivity index (χ0) is 33.1. The lowest BCUT2D eigenvalue weighted by atomic mass is 9.74. The van der Waals surface area contributed by atoms with Crippen molar-refractivity contribution in [3.8, 4) is 11.1 Å². The predicted octanol–water partition coefficient (Wildman–Crippen LogP) is 5.81. The van der Waals surface area contributed by atoms with Crippen LogP contribution in [0.1, 0.15) is 63.4 Å². The van der Waals surface area contributed by atoms with Gasteiger partial charge in [0.25, 0.3) is 0 Å². The van der Waals surface area contributed by atoms with Gasteiger partial charge >= 0.3 is 6.09 Å². The summed E-state index contributed by atoms with van der Waals surface area (Å²) in [5.74, 6) is -0.0720. The maximum Gasteiger partial charge on any atom is 0.410 e. The van der Waals surface area contributed by atoms with Crippen LogP contribution >= 0.6 is 0 Å². The molecule has 2 aliphatic heterocycles. The summed E-state index contributed by atoms with van der Waals surface area (Å²) in [5, 5.41) is 2.06. The summed E-state index contributed by atoms with van der Waals surface area (Å²) in [4.78, 5) is 60.3. The Balaban J connectivity index is 1.16. The molecule has 1 spiro atoms. The van der Waals surface area contributed by atoms with Gasteiger partial charge in [-0.3, -0.25) is 29.4 Å². The number of pyridine rings is 3. The van der Waals surface area contributed by atoms with Gasteiger partial charge in [0.15, 0.2) is 0 Å². The lowest BCUT2D eigenvalue weighted by Crippen LogP contribution is -2.56. The summed E-state index contributed by atoms with van der Waals surface area (Å²) in [7, 11) is 1.65. The Morgan fingerprint density at radius 1 is 0.957 bits per heavy atom. The highest BCUT2D eigenvalue weighted by molar-refractivity contribution is 6.08. The molecule has 3 aromatic heterocycles. The van der Waals surface area contributed by atoms with Crippen molar-refractivity contribution in [2.75, 3.05) is 25.0 Å². The fraction of sp³-hybridized carbons (Fsp3) is 0.405. The van der Waals surface area contributed by atoms with Crippen LogP contribution in [0.5, 0.6) is 0 Å².